The minimum absolute atomic E-state index is 0.483. The lowest BCUT2D eigenvalue weighted by Crippen LogP contribution is -2.04. The summed E-state index contributed by atoms with van der Waals surface area (Å²) in [5.74, 6) is -2.89. The Hall–Kier alpha value is -1.30. The first-order valence-electron chi connectivity index (χ1n) is 3.31. The van der Waals surface area contributed by atoms with E-state index in [-0.39, 0.29) is 0 Å². The fraction of sp³-hybridized carbons (Fsp3) is 0.143. The molecule has 1 rings (SSSR count). The molecule has 7 heteroatoms. The van der Waals surface area contributed by atoms with E-state index in [1.165, 1.54) is 0 Å². The van der Waals surface area contributed by atoms with E-state index in [0.717, 1.165) is 0 Å². The van der Waals surface area contributed by atoms with Crippen LogP contribution in [0.3, 0.4) is 0 Å². The van der Waals surface area contributed by atoms with Gasteiger partial charge in [0.2, 0.25) is 5.95 Å². The van der Waals surface area contributed by atoms with Gasteiger partial charge in [-0.05, 0) is 0 Å². The molecule has 1 heterocycles. The number of pyridine rings is 1. The van der Waals surface area contributed by atoms with Crippen molar-refractivity contribution in [3.05, 3.63) is 28.3 Å². The zero-order chi connectivity index (χ0) is 10.9. The van der Waals surface area contributed by atoms with Crippen molar-refractivity contribution >= 4 is 17.6 Å². The van der Waals surface area contributed by atoms with Crippen molar-refractivity contribution in [3.63, 3.8) is 0 Å². The van der Waals surface area contributed by atoms with Gasteiger partial charge in [-0.1, -0.05) is 11.6 Å². The van der Waals surface area contributed by atoms with Crippen molar-refractivity contribution in [1.29, 1.82) is 0 Å². The van der Waals surface area contributed by atoms with Crippen LogP contribution in [-0.2, 0) is 0 Å². The summed E-state index contributed by atoms with van der Waals surface area (Å²) in [6.45, 7) is 0. The molecule has 1 aromatic heterocycles. The Balaban J connectivity index is 3.40. The highest BCUT2D eigenvalue weighted by molar-refractivity contribution is 6.34. The zero-order valence-corrected chi connectivity index (χ0v) is 7.23. The topological polar surface area (TPSA) is 50.2 Å². The zero-order valence-electron chi connectivity index (χ0n) is 6.47. The molecule has 3 nitrogen and oxygen atoms in total. The van der Waals surface area contributed by atoms with E-state index in [1.807, 2.05) is 0 Å². The smallest absolute Gasteiger partial charge is 0.337 e. The van der Waals surface area contributed by atoms with Gasteiger partial charge in [-0.2, -0.15) is 4.39 Å². The molecule has 0 aliphatic carbocycles. The first-order chi connectivity index (χ1) is 6.43. The second-order valence-corrected chi connectivity index (χ2v) is 2.68. The molecule has 0 aliphatic rings. The summed E-state index contributed by atoms with van der Waals surface area (Å²) in [6.07, 6.45) is -3.11. The molecule has 76 valence electrons. The third-order valence-corrected chi connectivity index (χ3v) is 1.79. The highest BCUT2D eigenvalue weighted by Crippen LogP contribution is 2.28. The van der Waals surface area contributed by atoms with E-state index in [4.69, 9.17) is 16.7 Å². The van der Waals surface area contributed by atoms with Crippen LogP contribution in [0.25, 0.3) is 0 Å². The molecule has 0 unspecified atom stereocenters. The summed E-state index contributed by atoms with van der Waals surface area (Å²) in [6, 6.07) is 0.483. The standard InChI is InChI=1S/C7H3ClF3NO2/c8-4-2(7(13)14)1-3(9)12-5(4)6(10)11/h1,6H,(H,13,14). The number of hydrogen-bond acceptors (Lipinski definition) is 2. The van der Waals surface area contributed by atoms with Crippen LogP contribution in [0.15, 0.2) is 6.07 Å². The van der Waals surface area contributed by atoms with Gasteiger partial charge in [-0.3, -0.25) is 0 Å². The van der Waals surface area contributed by atoms with Gasteiger partial charge in [0.25, 0.3) is 6.43 Å². The lowest BCUT2D eigenvalue weighted by molar-refractivity contribution is 0.0695. The van der Waals surface area contributed by atoms with Crippen LogP contribution < -0.4 is 0 Å². The summed E-state index contributed by atoms with van der Waals surface area (Å²) in [4.78, 5) is 13.2. The third-order valence-electron chi connectivity index (χ3n) is 1.39. The fourth-order valence-corrected chi connectivity index (χ4v) is 1.08. The maximum absolute atomic E-state index is 12.6. The van der Waals surface area contributed by atoms with Crippen molar-refractivity contribution < 1.29 is 23.1 Å². The molecule has 0 amide bonds. The Labute approximate surface area is 81.1 Å². The number of carboxylic acids is 1. The highest BCUT2D eigenvalue weighted by atomic mass is 35.5. The Bertz CT molecular complexity index is 383. The van der Waals surface area contributed by atoms with Gasteiger partial charge in [0.1, 0.15) is 5.69 Å². The van der Waals surface area contributed by atoms with Crippen molar-refractivity contribution in [1.82, 2.24) is 4.98 Å². The van der Waals surface area contributed by atoms with E-state index in [0.29, 0.717) is 6.07 Å². The number of aromatic nitrogens is 1. The molecule has 14 heavy (non-hydrogen) atoms. The quantitative estimate of drug-likeness (QED) is 0.787. The Morgan fingerprint density at radius 3 is 2.57 bits per heavy atom. The van der Waals surface area contributed by atoms with Crippen molar-refractivity contribution in [2.75, 3.05) is 0 Å². The van der Waals surface area contributed by atoms with Crippen molar-refractivity contribution in [2.24, 2.45) is 0 Å². The fourth-order valence-electron chi connectivity index (χ4n) is 0.817. The molecular weight excluding hydrogens is 223 g/mol. The predicted octanol–water partition coefficient (Wildman–Crippen LogP) is 2.51. The van der Waals surface area contributed by atoms with Crippen LogP contribution in [0.4, 0.5) is 13.2 Å². The van der Waals surface area contributed by atoms with Gasteiger partial charge in [-0.15, -0.1) is 0 Å². The number of nitrogens with zero attached hydrogens (tertiary/aromatic N) is 1. The predicted molar refractivity (Wildman–Crippen MR) is 41.1 cm³/mol. The van der Waals surface area contributed by atoms with E-state index in [2.05, 4.69) is 4.98 Å². The summed E-state index contributed by atoms with van der Waals surface area (Å²) in [7, 11) is 0. The summed E-state index contributed by atoms with van der Waals surface area (Å²) < 4.78 is 36.9. The van der Waals surface area contributed by atoms with E-state index in [1.54, 1.807) is 0 Å². The molecular formula is C7H3ClF3NO2. The van der Waals surface area contributed by atoms with Gasteiger partial charge < -0.3 is 5.11 Å². The number of alkyl halides is 2. The number of aromatic carboxylic acids is 1. The van der Waals surface area contributed by atoms with E-state index in [9.17, 15) is 18.0 Å². The van der Waals surface area contributed by atoms with Crippen LogP contribution in [0, 0.1) is 5.95 Å². The summed E-state index contributed by atoms with van der Waals surface area (Å²) in [5, 5.41) is 7.73. The molecule has 0 radical (unpaired) electrons. The maximum Gasteiger partial charge on any atom is 0.337 e. The average Bonchev–Trinajstić information content (AvgIpc) is 2.07. The van der Waals surface area contributed by atoms with Gasteiger partial charge in [-0.25, -0.2) is 18.6 Å². The summed E-state index contributed by atoms with van der Waals surface area (Å²) >= 11 is 5.28. The number of carbonyl (C=O) groups is 1. The first-order valence-corrected chi connectivity index (χ1v) is 3.68. The lowest BCUT2D eigenvalue weighted by atomic mass is 10.2. The number of rotatable bonds is 2. The molecule has 1 aromatic rings. The molecule has 0 aliphatic heterocycles. The molecule has 1 N–H and O–H groups in total. The minimum atomic E-state index is -3.11. The normalized spacial score (nSPS) is 10.6. The second-order valence-electron chi connectivity index (χ2n) is 2.30. The number of halogens is 4. The Kier molecular flexibility index (Phi) is 2.95. The molecule has 0 spiro atoms. The number of carboxylic acid groups (broad SMARTS) is 1. The first kappa shape index (κ1) is 10.8. The van der Waals surface area contributed by atoms with Gasteiger partial charge in [0.15, 0.2) is 0 Å². The van der Waals surface area contributed by atoms with Crippen LogP contribution >= 0.6 is 11.6 Å². The Morgan fingerprint density at radius 1 is 1.57 bits per heavy atom. The van der Waals surface area contributed by atoms with Crippen LogP contribution in [0.1, 0.15) is 22.5 Å². The van der Waals surface area contributed by atoms with Gasteiger partial charge >= 0.3 is 5.97 Å². The Morgan fingerprint density at radius 2 is 2.14 bits per heavy atom. The molecule has 0 aromatic carbocycles. The molecule has 0 atom stereocenters. The molecule has 0 saturated carbocycles. The third kappa shape index (κ3) is 1.95. The van der Waals surface area contributed by atoms with Gasteiger partial charge in [0.05, 0.1) is 10.6 Å². The highest BCUT2D eigenvalue weighted by Gasteiger charge is 2.21. The average molecular weight is 226 g/mol. The molecule has 0 fully saturated rings. The lowest BCUT2D eigenvalue weighted by Gasteiger charge is -2.04. The monoisotopic (exact) mass is 225 g/mol. The second kappa shape index (κ2) is 3.83. The molecule has 0 saturated heterocycles. The van der Waals surface area contributed by atoms with E-state index < -0.39 is 34.6 Å². The van der Waals surface area contributed by atoms with Crippen LogP contribution in [0.5, 0.6) is 0 Å². The summed E-state index contributed by atoms with van der Waals surface area (Å²) in [5.41, 5.74) is -1.79. The van der Waals surface area contributed by atoms with Crippen LogP contribution in [-0.4, -0.2) is 16.1 Å². The number of hydrogen-bond donors (Lipinski definition) is 1. The van der Waals surface area contributed by atoms with Crippen molar-refractivity contribution in [3.8, 4) is 0 Å². The molecule has 0 bridgehead atoms. The van der Waals surface area contributed by atoms with Gasteiger partial charge in [0, 0.05) is 6.07 Å². The van der Waals surface area contributed by atoms with Crippen molar-refractivity contribution in [2.45, 2.75) is 6.43 Å². The SMILES string of the molecule is O=C(O)c1cc(F)nc(C(F)F)c1Cl. The van der Waals surface area contributed by atoms with E-state index >= 15 is 0 Å². The van der Waals surface area contributed by atoms with Crippen LogP contribution in [0.2, 0.25) is 5.02 Å². The maximum atomic E-state index is 12.6. The minimum Gasteiger partial charge on any atom is -0.478 e. The largest absolute Gasteiger partial charge is 0.478 e.